The first-order valence-corrected chi connectivity index (χ1v) is 10.5. The van der Waals surface area contributed by atoms with Crippen molar-refractivity contribution < 1.29 is 23.9 Å². The van der Waals surface area contributed by atoms with Crippen molar-refractivity contribution in [3.63, 3.8) is 0 Å². The van der Waals surface area contributed by atoms with E-state index in [9.17, 15) is 14.4 Å². The maximum atomic E-state index is 13.6. The summed E-state index contributed by atoms with van der Waals surface area (Å²) >= 11 is 0. The lowest BCUT2D eigenvalue weighted by Crippen LogP contribution is -2.32. The van der Waals surface area contributed by atoms with Crippen LogP contribution in [0.4, 0.5) is 17.1 Å². The first kappa shape index (κ1) is 22.6. The molecule has 0 aromatic heterocycles. The predicted molar refractivity (Wildman–Crippen MR) is 130 cm³/mol. The van der Waals surface area contributed by atoms with E-state index < -0.39 is 11.8 Å². The molecule has 4 rings (SSSR count). The lowest BCUT2D eigenvalue weighted by Gasteiger charge is -2.19. The number of amides is 3. The zero-order valence-electron chi connectivity index (χ0n) is 18.9. The summed E-state index contributed by atoms with van der Waals surface area (Å²) in [6.45, 7) is 1.42. The number of anilines is 3. The average molecular weight is 457 g/mol. The number of methoxy groups -OCH3 is 2. The highest BCUT2D eigenvalue weighted by Crippen LogP contribution is 2.39. The van der Waals surface area contributed by atoms with Crippen molar-refractivity contribution in [1.82, 2.24) is 0 Å². The number of hydrogen-bond donors (Lipinski definition) is 2. The van der Waals surface area contributed by atoms with Gasteiger partial charge in [-0.25, -0.2) is 4.90 Å². The van der Waals surface area contributed by atoms with Gasteiger partial charge in [-0.3, -0.25) is 14.4 Å². The third-order valence-electron chi connectivity index (χ3n) is 5.25. The second-order valence-corrected chi connectivity index (χ2v) is 7.48. The van der Waals surface area contributed by atoms with E-state index >= 15 is 0 Å². The molecule has 0 atom stereocenters. The molecule has 3 amide bonds. The second kappa shape index (κ2) is 9.50. The Morgan fingerprint density at radius 3 is 2.12 bits per heavy atom. The maximum Gasteiger partial charge on any atom is 0.282 e. The molecule has 8 heteroatoms. The average Bonchev–Trinajstić information content (AvgIpc) is 3.09. The summed E-state index contributed by atoms with van der Waals surface area (Å²) in [6, 6.07) is 20.7. The van der Waals surface area contributed by atoms with Crippen molar-refractivity contribution in [1.29, 1.82) is 0 Å². The van der Waals surface area contributed by atoms with Gasteiger partial charge in [0, 0.05) is 24.4 Å². The molecule has 2 N–H and O–H groups in total. The zero-order chi connectivity index (χ0) is 24.2. The molecule has 1 aliphatic rings. The van der Waals surface area contributed by atoms with Crippen LogP contribution in [0.2, 0.25) is 0 Å². The minimum absolute atomic E-state index is 0.140. The lowest BCUT2D eigenvalue weighted by molar-refractivity contribution is -0.120. The molecule has 0 fully saturated rings. The molecule has 0 saturated carbocycles. The standard InChI is InChI=1S/C26H23N3O5/c1-16(30)27-18-9-11-19(12-10-18)28-24-23(17-7-5-4-6-8-17)25(31)29(26(24)32)21-14-13-20(33-2)15-22(21)34-3/h4-15,28H,1-3H3,(H,27,30). The molecule has 0 spiro atoms. The van der Waals surface area contributed by atoms with Crippen LogP contribution < -0.4 is 25.0 Å². The highest BCUT2D eigenvalue weighted by molar-refractivity contribution is 6.46. The van der Waals surface area contributed by atoms with Gasteiger partial charge in [-0.2, -0.15) is 0 Å². The van der Waals surface area contributed by atoms with Gasteiger partial charge < -0.3 is 20.1 Å². The van der Waals surface area contributed by atoms with E-state index in [-0.39, 0.29) is 17.2 Å². The fraction of sp³-hybridized carbons (Fsp3) is 0.115. The Balaban J connectivity index is 1.76. The quantitative estimate of drug-likeness (QED) is 0.520. The van der Waals surface area contributed by atoms with Crippen LogP contribution in [0.5, 0.6) is 11.5 Å². The molecule has 0 bridgehead atoms. The molecule has 0 unspecified atom stereocenters. The van der Waals surface area contributed by atoms with Gasteiger partial charge in [-0.05, 0) is 42.0 Å². The Morgan fingerprint density at radius 1 is 0.824 bits per heavy atom. The van der Waals surface area contributed by atoms with Crippen molar-refractivity contribution in [3.8, 4) is 11.5 Å². The lowest BCUT2D eigenvalue weighted by atomic mass is 10.0. The van der Waals surface area contributed by atoms with Crippen molar-refractivity contribution in [2.45, 2.75) is 6.92 Å². The van der Waals surface area contributed by atoms with Crippen molar-refractivity contribution >= 4 is 40.4 Å². The highest BCUT2D eigenvalue weighted by Gasteiger charge is 2.41. The summed E-state index contributed by atoms with van der Waals surface area (Å²) in [5.41, 5.74) is 2.50. The van der Waals surface area contributed by atoms with Crippen LogP contribution in [-0.4, -0.2) is 31.9 Å². The summed E-state index contributed by atoms with van der Waals surface area (Å²) < 4.78 is 10.7. The Hall–Kier alpha value is -4.59. The largest absolute Gasteiger partial charge is 0.497 e. The van der Waals surface area contributed by atoms with E-state index in [4.69, 9.17) is 9.47 Å². The van der Waals surface area contributed by atoms with Gasteiger partial charge in [0.05, 0.1) is 25.5 Å². The van der Waals surface area contributed by atoms with E-state index in [0.29, 0.717) is 34.1 Å². The predicted octanol–water partition coefficient (Wildman–Crippen LogP) is 4.06. The van der Waals surface area contributed by atoms with Gasteiger partial charge in [-0.15, -0.1) is 0 Å². The third-order valence-corrected chi connectivity index (χ3v) is 5.25. The van der Waals surface area contributed by atoms with E-state index in [1.54, 1.807) is 66.7 Å². The van der Waals surface area contributed by atoms with Gasteiger partial charge >= 0.3 is 0 Å². The van der Waals surface area contributed by atoms with Crippen LogP contribution in [0.25, 0.3) is 5.57 Å². The molecule has 8 nitrogen and oxygen atoms in total. The van der Waals surface area contributed by atoms with Crippen LogP contribution >= 0.6 is 0 Å². The maximum absolute atomic E-state index is 13.6. The number of rotatable bonds is 7. The van der Waals surface area contributed by atoms with Crippen LogP contribution in [-0.2, 0) is 14.4 Å². The van der Waals surface area contributed by atoms with Gasteiger partial charge in [0.2, 0.25) is 5.91 Å². The monoisotopic (exact) mass is 457 g/mol. The van der Waals surface area contributed by atoms with Crippen molar-refractivity contribution in [2.75, 3.05) is 29.8 Å². The topological polar surface area (TPSA) is 97.0 Å². The fourth-order valence-corrected chi connectivity index (χ4v) is 3.69. The fourth-order valence-electron chi connectivity index (χ4n) is 3.69. The first-order chi connectivity index (χ1) is 16.4. The van der Waals surface area contributed by atoms with Gasteiger partial charge in [0.25, 0.3) is 11.8 Å². The molecule has 3 aromatic carbocycles. The molecule has 172 valence electrons. The van der Waals surface area contributed by atoms with E-state index in [0.717, 1.165) is 4.90 Å². The normalized spacial score (nSPS) is 13.2. The molecule has 3 aromatic rings. The minimum atomic E-state index is -0.516. The molecule has 34 heavy (non-hydrogen) atoms. The van der Waals surface area contributed by atoms with Crippen LogP contribution in [0.1, 0.15) is 12.5 Å². The third kappa shape index (κ3) is 4.33. The second-order valence-electron chi connectivity index (χ2n) is 7.48. The molecule has 0 aliphatic carbocycles. The summed E-state index contributed by atoms with van der Waals surface area (Å²) in [5, 5.41) is 5.79. The van der Waals surface area contributed by atoms with Gasteiger partial charge in [0.15, 0.2) is 0 Å². The summed E-state index contributed by atoms with van der Waals surface area (Å²) in [4.78, 5) is 39.5. The Morgan fingerprint density at radius 2 is 1.50 bits per heavy atom. The molecule has 1 aliphatic heterocycles. The molecular weight excluding hydrogens is 434 g/mol. The van der Waals surface area contributed by atoms with Crippen molar-refractivity contribution in [3.05, 3.63) is 84.1 Å². The van der Waals surface area contributed by atoms with Crippen LogP contribution in [0, 0.1) is 0 Å². The van der Waals surface area contributed by atoms with Crippen LogP contribution in [0.15, 0.2) is 78.5 Å². The molecule has 0 radical (unpaired) electrons. The van der Waals surface area contributed by atoms with E-state index in [2.05, 4.69) is 10.6 Å². The number of nitrogens with zero attached hydrogens (tertiary/aromatic N) is 1. The van der Waals surface area contributed by atoms with Gasteiger partial charge in [-0.1, -0.05) is 30.3 Å². The first-order valence-electron chi connectivity index (χ1n) is 10.5. The van der Waals surface area contributed by atoms with E-state index in [1.807, 2.05) is 6.07 Å². The summed E-state index contributed by atoms with van der Waals surface area (Å²) in [6.07, 6.45) is 0. The highest BCUT2D eigenvalue weighted by atomic mass is 16.5. The minimum Gasteiger partial charge on any atom is -0.497 e. The van der Waals surface area contributed by atoms with E-state index in [1.165, 1.54) is 21.1 Å². The molecule has 1 heterocycles. The van der Waals surface area contributed by atoms with Gasteiger partial charge in [0.1, 0.15) is 17.2 Å². The number of imide groups is 1. The number of ether oxygens (including phenoxy) is 2. The summed E-state index contributed by atoms with van der Waals surface area (Å²) in [5.74, 6) is -0.311. The smallest absolute Gasteiger partial charge is 0.282 e. The molecular formula is C26H23N3O5. The SMILES string of the molecule is COc1ccc(N2C(=O)C(Nc3ccc(NC(C)=O)cc3)=C(c3ccccc3)C2=O)c(OC)c1. The Bertz CT molecular complexity index is 1280. The number of hydrogen-bond acceptors (Lipinski definition) is 6. The van der Waals surface area contributed by atoms with Crippen molar-refractivity contribution in [2.24, 2.45) is 0 Å². The summed E-state index contributed by atoms with van der Waals surface area (Å²) in [7, 11) is 2.99. The number of carbonyl (C=O) groups is 3. The molecule has 0 saturated heterocycles. The van der Waals surface area contributed by atoms with Crippen LogP contribution in [0.3, 0.4) is 0 Å². The number of nitrogens with one attached hydrogen (secondary N) is 2. The number of carbonyl (C=O) groups excluding carboxylic acids is 3. The number of benzene rings is 3. The Labute approximate surface area is 196 Å². The zero-order valence-corrected chi connectivity index (χ0v) is 18.9. The Kier molecular flexibility index (Phi) is 6.31.